The standard InChI is InChI=1S/C14H19ClF3N3O/c15-11-8-19-21(9-11)6-5-13(22)20-12-4-2-1-3-10(12)7-14(16,17)18/h8-10,12H,1-7H2,(H,20,22)/t10-,12-/m0/s1. The highest BCUT2D eigenvalue weighted by atomic mass is 35.5. The van der Waals surface area contributed by atoms with Crippen molar-refractivity contribution in [2.24, 2.45) is 5.92 Å². The molecule has 8 heteroatoms. The van der Waals surface area contributed by atoms with E-state index in [4.69, 9.17) is 11.6 Å². The monoisotopic (exact) mass is 337 g/mol. The van der Waals surface area contributed by atoms with Crippen molar-refractivity contribution in [1.82, 2.24) is 15.1 Å². The normalized spacial score (nSPS) is 22.5. The lowest BCUT2D eigenvalue weighted by atomic mass is 9.82. The third kappa shape index (κ3) is 5.51. The number of alkyl halides is 3. The van der Waals surface area contributed by atoms with Gasteiger partial charge in [-0.25, -0.2) is 0 Å². The number of carbonyl (C=O) groups excluding carboxylic acids is 1. The molecular formula is C14H19ClF3N3O. The minimum absolute atomic E-state index is 0.174. The molecule has 0 bridgehead atoms. The van der Waals surface area contributed by atoms with Crippen molar-refractivity contribution in [3.05, 3.63) is 17.4 Å². The van der Waals surface area contributed by atoms with Gasteiger partial charge in [0.15, 0.2) is 0 Å². The van der Waals surface area contributed by atoms with Crippen molar-refractivity contribution in [2.45, 2.75) is 57.3 Å². The smallest absolute Gasteiger partial charge is 0.353 e. The van der Waals surface area contributed by atoms with Crippen LogP contribution in [0.2, 0.25) is 5.02 Å². The molecule has 1 fully saturated rings. The predicted molar refractivity (Wildman–Crippen MR) is 76.4 cm³/mol. The molecule has 1 saturated carbocycles. The first-order chi connectivity index (χ1) is 10.3. The summed E-state index contributed by atoms with van der Waals surface area (Å²) >= 11 is 5.72. The molecule has 1 aliphatic carbocycles. The number of halogens is 4. The molecule has 0 saturated heterocycles. The Morgan fingerprint density at radius 3 is 2.77 bits per heavy atom. The Hall–Kier alpha value is -1.24. The highest BCUT2D eigenvalue weighted by molar-refractivity contribution is 6.30. The lowest BCUT2D eigenvalue weighted by Crippen LogP contribution is -2.43. The van der Waals surface area contributed by atoms with Crippen LogP contribution in [-0.4, -0.2) is 27.9 Å². The second-order valence-electron chi connectivity index (χ2n) is 5.71. The third-order valence-corrected chi connectivity index (χ3v) is 4.11. The first-order valence-corrected chi connectivity index (χ1v) is 7.75. The Balaban J connectivity index is 1.82. The maximum atomic E-state index is 12.6. The fraction of sp³-hybridized carbons (Fsp3) is 0.714. The van der Waals surface area contributed by atoms with Gasteiger partial charge in [-0.2, -0.15) is 18.3 Å². The first-order valence-electron chi connectivity index (χ1n) is 7.37. The lowest BCUT2D eigenvalue weighted by molar-refractivity contribution is -0.150. The molecule has 0 aliphatic heterocycles. The maximum Gasteiger partial charge on any atom is 0.389 e. The van der Waals surface area contributed by atoms with E-state index in [9.17, 15) is 18.0 Å². The number of carbonyl (C=O) groups is 1. The van der Waals surface area contributed by atoms with E-state index in [0.717, 1.165) is 12.8 Å². The largest absolute Gasteiger partial charge is 0.389 e. The molecule has 2 rings (SSSR count). The van der Waals surface area contributed by atoms with Gasteiger partial charge >= 0.3 is 6.18 Å². The topological polar surface area (TPSA) is 46.9 Å². The van der Waals surface area contributed by atoms with Crippen LogP contribution in [-0.2, 0) is 11.3 Å². The van der Waals surface area contributed by atoms with E-state index in [1.165, 1.54) is 10.9 Å². The van der Waals surface area contributed by atoms with Crippen molar-refractivity contribution in [1.29, 1.82) is 0 Å². The van der Waals surface area contributed by atoms with Gasteiger partial charge in [0.2, 0.25) is 5.91 Å². The number of aryl methyl sites for hydroxylation is 1. The van der Waals surface area contributed by atoms with Crippen LogP contribution in [0.25, 0.3) is 0 Å². The molecule has 1 aromatic rings. The average Bonchev–Trinajstić information content (AvgIpc) is 2.83. The van der Waals surface area contributed by atoms with Gasteiger partial charge < -0.3 is 5.32 Å². The first kappa shape index (κ1) is 17.1. The summed E-state index contributed by atoms with van der Waals surface area (Å²) in [6.45, 7) is 0.356. The summed E-state index contributed by atoms with van der Waals surface area (Å²) in [5.74, 6) is -0.762. The summed E-state index contributed by atoms with van der Waals surface area (Å²) in [7, 11) is 0. The summed E-state index contributed by atoms with van der Waals surface area (Å²) in [5, 5.41) is 7.19. The van der Waals surface area contributed by atoms with Gasteiger partial charge in [-0.3, -0.25) is 9.48 Å². The molecule has 124 valence electrons. The molecule has 0 radical (unpaired) electrons. The Morgan fingerprint density at radius 1 is 1.41 bits per heavy atom. The number of nitrogens with one attached hydrogen (secondary N) is 1. The van der Waals surface area contributed by atoms with Crippen LogP contribution in [0.3, 0.4) is 0 Å². The molecule has 1 aromatic heterocycles. The van der Waals surface area contributed by atoms with Crippen LogP contribution in [0.15, 0.2) is 12.4 Å². The number of aromatic nitrogens is 2. The van der Waals surface area contributed by atoms with Gasteiger partial charge in [-0.15, -0.1) is 0 Å². The van der Waals surface area contributed by atoms with Crippen LogP contribution in [0.4, 0.5) is 13.2 Å². The SMILES string of the molecule is O=C(CCn1cc(Cl)cn1)N[C@H]1CCCC[C@H]1CC(F)(F)F. The number of hydrogen-bond donors (Lipinski definition) is 1. The van der Waals surface area contributed by atoms with Crippen LogP contribution >= 0.6 is 11.6 Å². The van der Waals surface area contributed by atoms with Gasteiger partial charge in [-0.05, 0) is 18.8 Å². The van der Waals surface area contributed by atoms with Gasteiger partial charge in [0, 0.05) is 31.6 Å². The highest BCUT2D eigenvalue weighted by Crippen LogP contribution is 2.34. The van der Waals surface area contributed by atoms with Crippen LogP contribution in [0.5, 0.6) is 0 Å². The van der Waals surface area contributed by atoms with Crippen LogP contribution in [0, 0.1) is 5.92 Å². The van der Waals surface area contributed by atoms with Gasteiger partial charge in [0.05, 0.1) is 11.2 Å². The molecule has 1 aliphatic rings. The van der Waals surface area contributed by atoms with Gasteiger partial charge in [0.1, 0.15) is 0 Å². The van der Waals surface area contributed by atoms with E-state index in [2.05, 4.69) is 10.4 Å². The summed E-state index contributed by atoms with van der Waals surface area (Å²) in [4.78, 5) is 11.9. The average molecular weight is 338 g/mol. The highest BCUT2D eigenvalue weighted by Gasteiger charge is 2.37. The van der Waals surface area contributed by atoms with Crippen molar-refractivity contribution in [3.63, 3.8) is 0 Å². The molecule has 22 heavy (non-hydrogen) atoms. The fourth-order valence-electron chi connectivity index (χ4n) is 2.89. The third-order valence-electron chi connectivity index (χ3n) is 3.92. The maximum absolute atomic E-state index is 12.6. The Kier molecular flexibility index (Phi) is 5.72. The quantitative estimate of drug-likeness (QED) is 0.893. The molecule has 4 nitrogen and oxygen atoms in total. The zero-order chi connectivity index (χ0) is 16.2. The van der Waals surface area contributed by atoms with E-state index in [0.29, 0.717) is 24.4 Å². The zero-order valence-electron chi connectivity index (χ0n) is 12.1. The molecule has 0 aromatic carbocycles. The second-order valence-corrected chi connectivity index (χ2v) is 6.15. The van der Waals surface area contributed by atoms with Gasteiger partial charge in [0.25, 0.3) is 0 Å². The molecule has 1 amide bonds. The Labute approximate surface area is 132 Å². The summed E-state index contributed by atoms with van der Waals surface area (Å²) in [5.41, 5.74) is 0. The van der Waals surface area contributed by atoms with E-state index < -0.39 is 18.5 Å². The molecule has 0 unspecified atom stereocenters. The number of nitrogens with zero attached hydrogens (tertiary/aromatic N) is 2. The van der Waals surface area contributed by atoms with Crippen LogP contribution in [0.1, 0.15) is 38.5 Å². The van der Waals surface area contributed by atoms with E-state index >= 15 is 0 Å². The second kappa shape index (κ2) is 7.35. The number of amides is 1. The van der Waals surface area contributed by atoms with Crippen molar-refractivity contribution in [3.8, 4) is 0 Å². The van der Waals surface area contributed by atoms with E-state index in [1.54, 1.807) is 6.20 Å². The zero-order valence-corrected chi connectivity index (χ0v) is 12.8. The fourth-order valence-corrected chi connectivity index (χ4v) is 3.05. The summed E-state index contributed by atoms with van der Waals surface area (Å²) in [6, 6.07) is -0.385. The number of hydrogen-bond acceptors (Lipinski definition) is 2. The Morgan fingerprint density at radius 2 is 2.14 bits per heavy atom. The molecule has 2 atom stereocenters. The van der Waals surface area contributed by atoms with E-state index in [-0.39, 0.29) is 18.4 Å². The molecule has 1 heterocycles. The number of rotatable bonds is 5. The minimum Gasteiger partial charge on any atom is -0.353 e. The van der Waals surface area contributed by atoms with Crippen molar-refractivity contribution >= 4 is 17.5 Å². The molecular weight excluding hydrogens is 319 g/mol. The minimum atomic E-state index is -4.18. The molecule has 1 N–H and O–H groups in total. The van der Waals surface area contributed by atoms with Crippen molar-refractivity contribution in [2.75, 3.05) is 0 Å². The van der Waals surface area contributed by atoms with Crippen molar-refractivity contribution < 1.29 is 18.0 Å². The van der Waals surface area contributed by atoms with Gasteiger partial charge in [-0.1, -0.05) is 24.4 Å². The van der Waals surface area contributed by atoms with E-state index in [1.807, 2.05) is 0 Å². The Bertz CT molecular complexity index is 504. The van der Waals surface area contributed by atoms with Crippen LogP contribution < -0.4 is 5.32 Å². The molecule has 0 spiro atoms. The summed E-state index contributed by atoms with van der Waals surface area (Å²) in [6.07, 6.45) is 1.00. The summed E-state index contributed by atoms with van der Waals surface area (Å²) < 4.78 is 39.3. The lowest BCUT2D eigenvalue weighted by Gasteiger charge is -2.32. The predicted octanol–water partition coefficient (Wildman–Crippen LogP) is 3.55.